The number of ether oxygens (including phenoxy) is 3. The maximum absolute atomic E-state index is 12.3. The molecule has 0 heterocycles. The van der Waals surface area contributed by atoms with Gasteiger partial charge in [-0.15, -0.1) is 0 Å². The SMILES string of the molecule is COC/C(O[Si](C)(C)C)=C(\C(=O)OC)c1ccccc1OC. The molecule has 0 spiro atoms. The summed E-state index contributed by atoms with van der Waals surface area (Å²) in [6.07, 6.45) is 0. The highest BCUT2D eigenvalue weighted by atomic mass is 28.4. The van der Waals surface area contributed by atoms with Gasteiger partial charge in [-0.1, -0.05) is 18.2 Å². The number of carbonyl (C=O) groups excluding carboxylic acids is 1. The van der Waals surface area contributed by atoms with Gasteiger partial charge in [-0.05, 0) is 25.7 Å². The molecule has 0 aliphatic carbocycles. The minimum Gasteiger partial charge on any atom is -0.545 e. The Morgan fingerprint density at radius 3 is 2.23 bits per heavy atom. The van der Waals surface area contributed by atoms with E-state index in [2.05, 4.69) is 0 Å². The van der Waals surface area contributed by atoms with Gasteiger partial charge >= 0.3 is 5.97 Å². The molecule has 6 heteroatoms. The maximum Gasteiger partial charge on any atom is 0.342 e. The fourth-order valence-electron chi connectivity index (χ4n) is 1.98. The molecule has 5 nitrogen and oxygen atoms in total. The molecule has 1 aromatic rings. The standard InChI is InChI=1S/C16H24O5Si/c1-18-11-14(21-22(4,5)6)15(16(17)20-3)12-9-7-8-10-13(12)19-2/h7-10H,11H2,1-6H3/b15-14+. The number of hydrogen-bond donors (Lipinski definition) is 0. The van der Waals surface area contributed by atoms with Crippen LogP contribution in [0.1, 0.15) is 5.56 Å². The second-order valence-electron chi connectivity index (χ2n) is 5.64. The summed E-state index contributed by atoms with van der Waals surface area (Å²) in [6, 6.07) is 7.26. The molecular formula is C16H24O5Si. The first-order chi connectivity index (χ1) is 10.3. The monoisotopic (exact) mass is 324 g/mol. The van der Waals surface area contributed by atoms with E-state index in [-0.39, 0.29) is 6.61 Å². The number of para-hydroxylation sites is 1. The van der Waals surface area contributed by atoms with E-state index in [1.807, 2.05) is 31.8 Å². The van der Waals surface area contributed by atoms with Gasteiger partial charge in [-0.2, -0.15) is 0 Å². The minimum absolute atomic E-state index is 0.187. The third-order valence-corrected chi connectivity index (χ3v) is 3.61. The van der Waals surface area contributed by atoms with E-state index < -0.39 is 14.3 Å². The van der Waals surface area contributed by atoms with Crippen molar-refractivity contribution in [1.82, 2.24) is 0 Å². The number of carbonyl (C=O) groups is 1. The van der Waals surface area contributed by atoms with Crippen LogP contribution in [0.25, 0.3) is 5.57 Å². The molecule has 1 rings (SSSR count). The second-order valence-corrected chi connectivity index (χ2v) is 10.1. The van der Waals surface area contributed by atoms with Crippen LogP contribution in [0.3, 0.4) is 0 Å². The fraction of sp³-hybridized carbons (Fsp3) is 0.438. The van der Waals surface area contributed by atoms with Crippen molar-refractivity contribution in [2.75, 3.05) is 27.9 Å². The lowest BCUT2D eigenvalue weighted by molar-refractivity contribution is -0.133. The maximum atomic E-state index is 12.3. The van der Waals surface area contributed by atoms with Crippen molar-refractivity contribution >= 4 is 19.9 Å². The Kier molecular flexibility index (Phi) is 6.64. The first kappa shape index (κ1) is 18.3. The van der Waals surface area contributed by atoms with Crippen molar-refractivity contribution in [3.8, 4) is 5.75 Å². The summed E-state index contributed by atoms with van der Waals surface area (Å²) in [5.74, 6) is 0.573. The summed E-state index contributed by atoms with van der Waals surface area (Å²) < 4.78 is 21.6. The Bertz CT molecular complexity index is 546. The van der Waals surface area contributed by atoms with Crippen LogP contribution in [-0.4, -0.2) is 42.2 Å². The molecule has 0 saturated heterocycles. The minimum atomic E-state index is -1.93. The molecule has 0 radical (unpaired) electrons. The number of esters is 1. The molecule has 0 fully saturated rings. The average molecular weight is 324 g/mol. The van der Waals surface area contributed by atoms with Gasteiger partial charge in [0.15, 0.2) is 0 Å². The molecule has 0 aliphatic rings. The highest BCUT2D eigenvalue weighted by Crippen LogP contribution is 2.31. The van der Waals surface area contributed by atoms with E-state index in [9.17, 15) is 4.79 Å². The van der Waals surface area contributed by atoms with Crippen molar-refractivity contribution in [3.05, 3.63) is 35.6 Å². The van der Waals surface area contributed by atoms with Crippen LogP contribution in [0.2, 0.25) is 19.6 Å². The van der Waals surface area contributed by atoms with Gasteiger partial charge in [0.2, 0.25) is 8.32 Å². The summed E-state index contributed by atoms with van der Waals surface area (Å²) in [7, 11) is 2.54. The van der Waals surface area contributed by atoms with Crippen LogP contribution >= 0.6 is 0 Å². The van der Waals surface area contributed by atoms with E-state index in [4.69, 9.17) is 18.6 Å². The van der Waals surface area contributed by atoms with Crippen LogP contribution in [0.4, 0.5) is 0 Å². The fourth-order valence-corrected chi connectivity index (χ4v) is 2.88. The summed E-state index contributed by atoms with van der Waals surface area (Å²) >= 11 is 0. The van der Waals surface area contributed by atoms with Crippen molar-refractivity contribution in [1.29, 1.82) is 0 Å². The lowest BCUT2D eigenvalue weighted by Crippen LogP contribution is -2.28. The molecule has 22 heavy (non-hydrogen) atoms. The van der Waals surface area contributed by atoms with Crippen molar-refractivity contribution in [2.24, 2.45) is 0 Å². The molecule has 0 saturated carbocycles. The highest BCUT2D eigenvalue weighted by Gasteiger charge is 2.26. The Labute approximate surface area is 133 Å². The summed E-state index contributed by atoms with van der Waals surface area (Å²) in [6.45, 7) is 6.31. The topological polar surface area (TPSA) is 54.0 Å². The lowest BCUT2D eigenvalue weighted by Gasteiger charge is -2.24. The molecule has 122 valence electrons. The van der Waals surface area contributed by atoms with E-state index in [1.54, 1.807) is 26.4 Å². The molecule has 0 aliphatic heterocycles. The Morgan fingerprint density at radius 1 is 1.09 bits per heavy atom. The van der Waals surface area contributed by atoms with Gasteiger partial charge in [0.05, 0.1) is 14.2 Å². The molecule has 0 unspecified atom stereocenters. The normalized spacial score (nSPS) is 12.5. The highest BCUT2D eigenvalue weighted by molar-refractivity contribution is 6.70. The number of rotatable bonds is 7. The van der Waals surface area contributed by atoms with Crippen molar-refractivity contribution in [2.45, 2.75) is 19.6 Å². The molecule has 0 N–H and O–H groups in total. The summed E-state index contributed by atoms with van der Waals surface area (Å²) in [5.41, 5.74) is 0.964. The third kappa shape index (κ3) is 4.89. The molecule has 0 bridgehead atoms. The van der Waals surface area contributed by atoms with Gasteiger partial charge in [0.25, 0.3) is 0 Å². The molecule has 0 amide bonds. The predicted molar refractivity (Wildman–Crippen MR) is 88.2 cm³/mol. The second kappa shape index (κ2) is 8.00. The Morgan fingerprint density at radius 2 is 1.73 bits per heavy atom. The van der Waals surface area contributed by atoms with Gasteiger partial charge in [0.1, 0.15) is 23.7 Å². The van der Waals surface area contributed by atoms with E-state index in [0.717, 1.165) is 0 Å². The Hall–Kier alpha value is -1.79. The zero-order valence-electron chi connectivity index (χ0n) is 14.1. The quantitative estimate of drug-likeness (QED) is 0.334. The molecule has 0 atom stereocenters. The average Bonchev–Trinajstić information content (AvgIpc) is 2.46. The van der Waals surface area contributed by atoms with Crippen molar-refractivity contribution < 1.29 is 23.4 Å². The summed E-state index contributed by atoms with van der Waals surface area (Å²) in [4.78, 5) is 12.3. The molecular weight excluding hydrogens is 300 g/mol. The van der Waals surface area contributed by atoms with Gasteiger partial charge in [0, 0.05) is 12.7 Å². The first-order valence-corrected chi connectivity index (χ1v) is 10.4. The van der Waals surface area contributed by atoms with Crippen LogP contribution in [0.15, 0.2) is 30.0 Å². The zero-order chi connectivity index (χ0) is 16.8. The smallest absolute Gasteiger partial charge is 0.342 e. The zero-order valence-corrected chi connectivity index (χ0v) is 15.1. The molecule has 0 aromatic heterocycles. The van der Waals surface area contributed by atoms with Crippen LogP contribution in [-0.2, 0) is 18.7 Å². The largest absolute Gasteiger partial charge is 0.545 e. The van der Waals surface area contributed by atoms with E-state index in [1.165, 1.54) is 7.11 Å². The number of methoxy groups -OCH3 is 3. The van der Waals surface area contributed by atoms with Crippen LogP contribution in [0.5, 0.6) is 5.75 Å². The predicted octanol–water partition coefficient (Wildman–Crippen LogP) is 3.08. The van der Waals surface area contributed by atoms with Gasteiger partial charge < -0.3 is 18.6 Å². The molecule has 1 aromatic carbocycles. The Balaban J connectivity index is 3.53. The van der Waals surface area contributed by atoms with E-state index in [0.29, 0.717) is 22.6 Å². The first-order valence-electron chi connectivity index (χ1n) is 6.96. The van der Waals surface area contributed by atoms with Crippen molar-refractivity contribution in [3.63, 3.8) is 0 Å². The number of benzene rings is 1. The van der Waals surface area contributed by atoms with E-state index >= 15 is 0 Å². The summed E-state index contributed by atoms with van der Waals surface area (Å²) in [5, 5.41) is 0. The lowest BCUT2D eigenvalue weighted by atomic mass is 10.0. The van der Waals surface area contributed by atoms with Gasteiger partial charge in [-0.3, -0.25) is 0 Å². The van der Waals surface area contributed by atoms with Gasteiger partial charge in [-0.25, -0.2) is 4.79 Å². The van der Waals surface area contributed by atoms with Crippen LogP contribution in [0, 0.1) is 0 Å². The third-order valence-electron chi connectivity index (χ3n) is 2.75. The number of hydrogen-bond acceptors (Lipinski definition) is 5. The van der Waals surface area contributed by atoms with Crippen LogP contribution < -0.4 is 4.74 Å².